The summed E-state index contributed by atoms with van der Waals surface area (Å²) in [6, 6.07) is 7.02. The zero-order valence-electron chi connectivity index (χ0n) is 10.6. The third kappa shape index (κ3) is 3.15. The van der Waals surface area contributed by atoms with E-state index in [1.165, 1.54) is 0 Å². The number of hydrogen-bond acceptors (Lipinski definition) is 2. The van der Waals surface area contributed by atoms with Crippen molar-refractivity contribution in [2.45, 2.75) is 26.3 Å². The first kappa shape index (κ1) is 13.6. The molecule has 0 saturated carbocycles. The van der Waals surface area contributed by atoms with Crippen LogP contribution in [-0.4, -0.2) is 20.9 Å². The van der Waals surface area contributed by atoms with Gasteiger partial charge >= 0.3 is 5.97 Å². The third-order valence-electron chi connectivity index (χ3n) is 2.85. The summed E-state index contributed by atoms with van der Waals surface area (Å²) < 4.78 is 1.69. The number of aryl methyl sites for hydroxylation is 1. The Morgan fingerprint density at radius 1 is 1.37 bits per heavy atom. The van der Waals surface area contributed by atoms with Crippen molar-refractivity contribution < 1.29 is 9.90 Å². The summed E-state index contributed by atoms with van der Waals surface area (Å²) >= 11 is 5.83. The first-order valence-corrected chi connectivity index (χ1v) is 6.56. The molecule has 0 unspecified atom stereocenters. The summed E-state index contributed by atoms with van der Waals surface area (Å²) in [6.45, 7) is 2.81. The van der Waals surface area contributed by atoms with E-state index in [0.717, 1.165) is 24.9 Å². The minimum absolute atomic E-state index is 0.221. The Bertz CT molecular complexity index is 576. The van der Waals surface area contributed by atoms with E-state index in [-0.39, 0.29) is 5.56 Å². The van der Waals surface area contributed by atoms with Gasteiger partial charge < -0.3 is 5.11 Å². The molecule has 19 heavy (non-hydrogen) atoms. The number of unbranched alkanes of at least 4 members (excludes halogenated alkanes) is 1. The fraction of sp³-hybridized carbons (Fsp3) is 0.286. The molecule has 0 atom stereocenters. The second-order valence-corrected chi connectivity index (χ2v) is 4.76. The second kappa shape index (κ2) is 5.89. The number of carbonyl (C=O) groups is 1. The Kier molecular flexibility index (Phi) is 4.22. The molecular weight excluding hydrogens is 264 g/mol. The lowest BCUT2D eigenvalue weighted by Crippen LogP contribution is -1.98. The molecule has 100 valence electrons. The lowest BCUT2D eigenvalue weighted by Gasteiger charge is -2.00. The minimum Gasteiger partial charge on any atom is -0.478 e. The number of aromatic carboxylic acids is 1. The smallest absolute Gasteiger partial charge is 0.339 e. The van der Waals surface area contributed by atoms with Crippen molar-refractivity contribution in [3.8, 4) is 11.3 Å². The lowest BCUT2D eigenvalue weighted by molar-refractivity contribution is 0.0697. The number of aromatic nitrogens is 2. The van der Waals surface area contributed by atoms with Crippen molar-refractivity contribution in [1.82, 2.24) is 9.78 Å². The van der Waals surface area contributed by atoms with E-state index >= 15 is 0 Å². The van der Waals surface area contributed by atoms with Crippen molar-refractivity contribution in [2.75, 3.05) is 0 Å². The standard InChI is InChI=1S/C14H15ClN2O2/c1-2-3-8-17-9-12(14(18)19)13(16-17)10-4-6-11(15)7-5-10/h4-7,9H,2-3,8H2,1H3,(H,18,19). The van der Waals surface area contributed by atoms with Gasteiger partial charge in [0.15, 0.2) is 0 Å². The molecule has 2 aromatic rings. The molecule has 2 rings (SSSR count). The summed E-state index contributed by atoms with van der Waals surface area (Å²) in [5, 5.41) is 14.2. The molecular formula is C14H15ClN2O2. The van der Waals surface area contributed by atoms with Crippen molar-refractivity contribution in [2.24, 2.45) is 0 Å². The minimum atomic E-state index is -0.965. The zero-order valence-corrected chi connectivity index (χ0v) is 11.4. The average molecular weight is 279 g/mol. The number of nitrogens with zero attached hydrogens (tertiary/aromatic N) is 2. The SMILES string of the molecule is CCCCn1cc(C(=O)O)c(-c2ccc(Cl)cc2)n1. The number of benzene rings is 1. The maximum atomic E-state index is 11.3. The third-order valence-corrected chi connectivity index (χ3v) is 3.10. The van der Waals surface area contributed by atoms with Crippen LogP contribution in [-0.2, 0) is 6.54 Å². The highest BCUT2D eigenvalue weighted by atomic mass is 35.5. The molecule has 1 aromatic heterocycles. The van der Waals surface area contributed by atoms with Gasteiger partial charge in [-0.05, 0) is 18.6 Å². The van der Waals surface area contributed by atoms with Crippen LogP contribution < -0.4 is 0 Å². The predicted octanol–water partition coefficient (Wildman–Crippen LogP) is 3.70. The summed E-state index contributed by atoms with van der Waals surface area (Å²) in [5.74, 6) is -0.965. The van der Waals surface area contributed by atoms with E-state index in [1.54, 1.807) is 35.1 Å². The summed E-state index contributed by atoms with van der Waals surface area (Å²) in [7, 11) is 0. The summed E-state index contributed by atoms with van der Waals surface area (Å²) in [6.07, 6.45) is 3.60. The molecule has 0 aliphatic carbocycles. The highest BCUT2D eigenvalue weighted by Crippen LogP contribution is 2.24. The van der Waals surface area contributed by atoms with Crippen LogP contribution in [0.3, 0.4) is 0 Å². The molecule has 0 spiro atoms. The Balaban J connectivity index is 2.39. The van der Waals surface area contributed by atoms with Gasteiger partial charge in [0.05, 0.1) is 0 Å². The van der Waals surface area contributed by atoms with Gasteiger partial charge in [-0.1, -0.05) is 37.1 Å². The molecule has 4 nitrogen and oxygen atoms in total. The largest absolute Gasteiger partial charge is 0.478 e. The van der Waals surface area contributed by atoms with E-state index in [9.17, 15) is 9.90 Å². The number of rotatable bonds is 5. The van der Waals surface area contributed by atoms with Gasteiger partial charge in [0.2, 0.25) is 0 Å². The van der Waals surface area contributed by atoms with Crippen LogP contribution in [0.2, 0.25) is 5.02 Å². The van der Waals surface area contributed by atoms with Crippen molar-refractivity contribution >= 4 is 17.6 Å². The van der Waals surface area contributed by atoms with Crippen LogP contribution in [0.4, 0.5) is 0 Å². The normalized spacial score (nSPS) is 10.6. The second-order valence-electron chi connectivity index (χ2n) is 4.32. The maximum absolute atomic E-state index is 11.3. The fourth-order valence-electron chi connectivity index (χ4n) is 1.83. The van der Waals surface area contributed by atoms with Crippen LogP contribution in [0, 0.1) is 0 Å². The topological polar surface area (TPSA) is 55.1 Å². The van der Waals surface area contributed by atoms with Crippen LogP contribution in [0.25, 0.3) is 11.3 Å². The van der Waals surface area contributed by atoms with Crippen molar-refractivity contribution in [1.29, 1.82) is 0 Å². The lowest BCUT2D eigenvalue weighted by atomic mass is 10.1. The Hall–Kier alpha value is -1.81. The van der Waals surface area contributed by atoms with Crippen LogP contribution in [0.15, 0.2) is 30.5 Å². The molecule has 0 radical (unpaired) electrons. The monoisotopic (exact) mass is 278 g/mol. The van der Waals surface area contributed by atoms with Crippen LogP contribution in [0.1, 0.15) is 30.1 Å². The molecule has 0 bridgehead atoms. The van der Waals surface area contributed by atoms with Gasteiger partial charge in [-0.15, -0.1) is 0 Å². The molecule has 1 heterocycles. The van der Waals surface area contributed by atoms with Crippen molar-refractivity contribution in [3.05, 3.63) is 41.0 Å². The molecule has 1 aromatic carbocycles. The maximum Gasteiger partial charge on any atom is 0.339 e. The highest BCUT2D eigenvalue weighted by molar-refractivity contribution is 6.30. The Morgan fingerprint density at radius 2 is 2.05 bits per heavy atom. The first-order chi connectivity index (χ1) is 9.11. The average Bonchev–Trinajstić information content (AvgIpc) is 2.81. The quantitative estimate of drug-likeness (QED) is 0.907. The fourth-order valence-corrected chi connectivity index (χ4v) is 1.96. The highest BCUT2D eigenvalue weighted by Gasteiger charge is 2.16. The van der Waals surface area contributed by atoms with Gasteiger partial charge in [-0.3, -0.25) is 4.68 Å². The zero-order chi connectivity index (χ0) is 13.8. The van der Waals surface area contributed by atoms with Gasteiger partial charge in [0.1, 0.15) is 11.3 Å². The number of halogens is 1. The van der Waals surface area contributed by atoms with Crippen LogP contribution >= 0.6 is 11.6 Å². The van der Waals surface area contributed by atoms with Gasteiger partial charge in [0.25, 0.3) is 0 Å². The molecule has 0 fully saturated rings. The summed E-state index contributed by atoms with van der Waals surface area (Å²) in [5.41, 5.74) is 1.47. The number of carboxylic acids is 1. The van der Waals surface area contributed by atoms with E-state index in [1.807, 2.05) is 0 Å². The van der Waals surface area contributed by atoms with Gasteiger partial charge in [-0.2, -0.15) is 5.10 Å². The predicted molar refractivity (Wildman–Crippen MR) is 74.5 cm³/mol. The van der Waals surface area contributed by atoms with Gasteiger partial charge in [-0.25, -0.2) is 4.79 Å². The molecule has 5 heteroatoms. The molecule has 0 amide bonds. The molecule has 1 N–H and O–H groups in total. The van der Waals surface area contributed by atoms with E-state index in [2.05, 4.69) is 12.0 Å². The van der Waals surface area contributed by atoms with Crippen molar-refractivity contribution in [3.63, 3.8) is 0 Å². The molecule has 0 aliphatic rings. The Labute approximate surface area is 116 Å². The van der Waals surface area contributed by atoms with E-state index < -0.39 is 5.97 Å². The van der Waals surface area contributed by atoms with Gasteiger partial charge in [0, 0.05) is 23.3 Å². The summed E-state index contributed by atoms with van der Waals surface area (Å²) in [4.78, 5) is 11.3. The Morgan fingerprint density at radius 3 is 2.63 bits per heavy atom. The van der Waals surface area contributed by atoms with E-state index in [0.29, 0.717) is 10.7 Å². The number of carboxylic acid groups (broad SMARTS) is 1. The van der Waals surface area contributed by atoms with Crippen LogP contribution in [0.5, 0.6) is 0 Å². The molecule has 0 saturated heterocycles. The van der Waals surface area contributed by atoms with E-state index in [4.69, 9.17) is 11.6 Å². The molecule has 0 aliphatic heterocycles. The number of hydrogen-bond donors (Lipinski definition) is 1. The first-order valence-electron chi connectivity index (χ1n) is 6.18.